The lowest BCUT2D eigenvalue weighted by Gasteiger charge is -2.13. The molecule has 0 bridgehead atoms. The Morgan fingerprint density at radius 3 is 2.78 bits per heavy atom. The molecule has 1 aromatic heterocycles. The zero-order valence-corrected chi connectivity index (χ0v) is 12.4. The van der Waals surface area contributed by atoms with Gasteiger partial charge >= 0.3 is 5.97 Å². The van der Waals surface area contributed by atoms with E-state index in [1.54, 1.807) is 11.8 Å². The highest BCUT2D eigenvalue weighted by Gasteiger charge is 2.30. The summed E-state index contributed by atoms with van der Waals surface area (Å²) in [6.07, 6.45) is 4.54. The fourth-order valence-electron chi connectivity index (χ4n) is 1.89. The summed E-state index contributed by atoms with van der Waals surface area (Å²) in [6.45, 7) is 2.18. The first-order valence-electron chi connectivity index (χ1n) is 5.89. The summed E-state index contributed by atoms with van der Waals surface area (Å²) < 4.78 is 4.75. The average molecular weight is 286 g/mol. The van der Waals surface area contributed by atoms with Gasteiger partial charge in [-0.05, 0) is 31.9 Å². The van der Waals surface area contributed by atoms with Crippen LogP contribution in [0.5, 0.6) is 0 Å². The van der Waals surface area contributed by atoms with Gasteiger partial charge in [-0.3, -0.25) is 0 Å². The van der Waals surface area contributed by atoms with Crippen molar-refractivity contribution in [1.82, 2.24) is 0 Å². The number of hydrogen-bond donors (Lipinski definition) is 2. The van der Waals surface area contributed by atoms with Crippen molar-refractivity contribution < 1.29 is 9.53 Å². The maximum atomic E-state index is 11.6. The van der Waals surface area contributed by atoms with Crippen LogP contribution in [0, 0.1) is 5.92 Å². The van der Waals surface area contributed by atoms with Gasteiger partial charge in [-0.2, -0.15) is 0 Å². The molecule has 0 radical (unpaired) electrons. The number of carbonyl (C=O) groups is 1. The van der Waals surface area contributed by atoms with E-state index < -0.39 is 0 Å². The van der Waals surface area contributed by atoms with Crippen LogP contribution in [0.3, 0.4) is 0 Å². The number of thioether (sulfide) groups is 1. The summed E-state index contributed by atoms with van der Waals surface area (Å²) >= 11 is 2.95. The molecular weight excluding hydrogens is 268 g/mol. The molecule has 100 valence electrons. The Morgan fingerprint density at radius 1 is 1.61 bits per heavy atom. The van der Waals surface area contributed by atoms with Crippen LogP contribution in [0.2, 0.25) is 0 Å². The van der Waals surface area contributed by atoms with Crippen LogP contribution in [0.4, 0.5) is 10.7 Å². The minimum atomic E-state index is -0.361. The number of rotatable bonds is 5. The van der Waals surface area contributed by atoms with Gasteiger partial charge in [-0.25, -0.2) is 4.79 Å². The van der Waals surface area contributed by atoms with Crippen molar-refractivity contribution in [3.63, 3.8) is 0 Å². The highest BCUT2D eigenvalue weighted by Crippen LogP contribution is 2.44. The zero-order valence-electron chi connectivity index (χ0n) is 10.8. The Kier molecular flexibility index (Phi) is 4.07. The van der Waals surface area contributed by atoms with E-state index in [0.717, 1.165) is 15.8 Å². The summed E-state index contributed by atoms with van der Waals surface area (Å²) in [6, 6.07) is 0.430. The second-order valence-corrected chi connectivity index (χ2v) is 6.31. The van der Waals surface area contributed by atoms with Crippen LogP contribution in [-0.2, 0) is 4.74 Å². The summed E-state index contributed by atoms with van der Waals surface area (Å²) in [4.78, 5) is 13.1. The maximum absolute atomic E-state index is 11.6. The standard InChI is InChI=1S/C12H18N2O2S2/c1-6(7-4-5-7)14-11-9(17-3)8(13)10(18-11)12(15)16-2/h6-7,14H,4-5,13H2,1-3H3. The zero-order chi connectivity index (χ0) is 13.3. The van der Waals surface area contributed by atoms with Gasteiger partial charge in [-0.15, -0.1) is 23.1 Å². The third kappa shape index (κ3) is 2.59. The van der Waals surface area contributed by atoms with Crippen LogP contribution in [-0.4, -0.2) is 25.4 Å². The number of nitrogen functional groups attached to an aromatic ring is 1. The fourth-order valence-corrected chi connectivity index (χ4v) is 3.93. The monoisotopic (exact) mass is 286 g/mol. The molecule has 1 unspecified atom stereocenters. The van der Waals surface area contributed by atoms with Crippen LogP contribution >= 0.6 is 23.1 Å². The number of esters is 1. The predicted molar refractivity (Wildman–Crippen MR) is 77.7 cm³/mol. The second kappa shape index (κ2) is 5.40. The van der Waals surface area contributed by atoms with E-state index in [9.17, 15) is 4.79 Å². The van der Waals surface area contributed by atoms with Crippen molar-refractivity contribution >= 4 is 39.8 Å². The molecule has 2 rings (SSSR count). The van der Waals surface area contributed by atoms with Gasteiger partial charge in [0.15, 0.2) is 0 Å². The van der Waals surface area contributed by atoms with Gasteiger partial charge in [0.05, 0.1) is 17.7 Å². The average Bonchev–Trinajstić information content (AvgIpc) is 3.15. The first-order valence-corrected chi connectivity index (χ1v) is 7.93. The molecule has 4 nitrogen and oxygen atoms in total. The van der Waals surface area contributed by atoms with Crippen LogP contribution in [0.15, 0.2) is 4.90 Å². The molecule has 0 spiro atoms. The Bertz CT molecular complexity index is 455. The van der Waals surface area contributed by atoms with E-state index in [2.05, 4.69) is 12.2 Å². The normalized spacial score (nSPS) is 16.4. The number of nitrogens with two attached hydrogens (primary N) is 1. The number of thiophene rings is 1. The Hall–Kier alpha value is -0.880. The van der Waals surface area contributed by atoms with Crippen molar-refractivity contribution in [2.45, 2.75) is 30.7 Å². The number of hydrogen-bond acceptors (Lipinski definition) is 6. The van der Waals surface area contributed by atoms with Crippen molar-refractivity contribution in [3.05, 3.63) is 4.88 Å². The summed E-state index contributed by atoms with van der Waals surface area (Å²) in [7, 11) is 1.38. The number of nitrogens with one attached hydrogen (secondary N) is 1. The summed E-state index contributed by atoms with van der Waals surface area (Å²) in [5, 5.41) is 4.46. The smallest absolute Gasteiger partial charge is 0.350 e. The second-order valence-electron chi connectivity index (χ2n) is 4.47. The molecule has 1 fully saturated rings. The predicted octanol–water partition coefficient (Wildman–Crippen LogP) is 3.05. The van der Waals surface area contributed by atoms with Crippen LogP contribution in [0.25, 0.3) is 0 Å². The topological polar surface area (TPSA) is 64.3 Å². The molecule has 3 N–H and O–H groups in total. The minimum absolute atomic E-state index is 0.361. The highest BCUT2D eigenvalue weighted by atomic mass is 32.2. The highest BCUT2D eigenvalue weighted by molar-refractivity contribution is 7.99. The van der Waals surface area contributed by atoms with Crippen LogP contribution < -0.4 is 11.1 Å². The van der Waals surface area contributed by atoms with E-state index in [1.807, 2.05) is 6.26 Å². The van der Waals surface area contributed by atoms with Gasteiger partial charge in [0, 0.05) is 6.04 Å². The van der Waals surface area contributed by atoms with Gasteiger partial charge in [0.25, 0.3) is 0 Å². The summed E-state index contributed by atoms with van der Waals surface area (Å²) in [5.41, 5.74) is 6.54. The first-order chi connectivity index (χ1) is 8.58. The molecule has 0 amide bonds. The van der Waals surface area contributed by atoms with E-state index in [4.69, 9.17) is 10.5 Å². The lowest BCUT2D eigenvalue weighted by Crippen LogP contribution is -2.16. The maximum Gasteiger partial charge on any atom is 0.350 e. The molecule has 1 aliphatic carbocycles. The van der Waals surface area contributed by atoms with E-state index in [1.165, 1.54) is 31.3 Å². The Labute approximate surface area is 115 Å². The van der Waals surface area contributed by atoms with Crippen molar-refractivity contribution in [1.29, 1.82) is 0 Å². The lowest BCUT2D eigenvalue weighted by atomic mass is 10.2. The fraction of sp³-hybridized carbons (Fsp3) is 0.583. The van der Waals surface area contributed by atoms with Gasteiger partial charge in [-0.1, -0.05) is 0 Å². The third-order valence-electron chi connectivity index (χ3n) is 3.16. The molecule has 0 saturated heterocycles. The third-order valence-corrected chi connectivity index (χ3v) is 5.24. The molecule has 1 saturated carbocycles. The van der Waals surface area contributed by atoms with Crippen molar-refractivity contribution in [3.8, 4) is 0 Å². The van der Waals surface area contributed by atoms with Gasteiger partial charge in [0.2, 0.25) is 0 Å². The van der Waals surface area contributed by atoms with E-state index >= 15 is 0 Å². The lowest BCUT2D eigenvalue weighted by molar-refractivity contribution is 0.0607. The molecule has 1 atom stereocenters. The van der Waals surface area contributed by atoms with Crippen molar-refractivity contribution in [2.24, 2.45) is 5.92 Å². The van der Waals surface area contributed by atoms with E-state index in [0.29, 0.717) is 16.6 Å². The molecule has 0 aliphatic heterocycles. The molecule has 0 aromatic carbocycles. The molecule has 6 heteroatoms. The quantitative estimate of drug-likeness (QED) is 0.643. The molecule has 1 aliphatic rings. The van der Waals surface area contributed by atoms with Crippen LogP contribution in [0.1, 0.15) is 29.4 Å². The molecule has 1 heterocycles. The van der Waals surface area contributed by atoms with Crippen molar-refractivity contribution in [2.75, 3.05) is 24.4 Å². The number of ether oxygens (including phenoxy) is 1. The van der Waals surface area contributed by atoms with Gasteiger partial charge in [0.1, 0.15) is 9.88 Å². The number of anilines is 2. The van der Waals surface area contributed by atoms with Gasteiger partial charge < -0.3 is 15.8 Å². The molecular formula is C12H18N2O2S2. The molecule has 18 heavy (non-hydrogen) atoms. The minimum Gasteiger partial charge on any atom is -0.465 e. The summed E-state index contributed by atoms with van der Waals surface area (Å²) in [5.74, 6) is 0.393. The van der Waals surface area contributed by atoms with E-state index in [-0.39, 0.29) is 5.97 Å². The Balaban J connectivity index is 2.25. The number of carbonyl (C=O) groups excluding carboxylic acids is 1. The SMILES string of the molecule is COC(=O)c1sc(NC(C)C2CC2)c(SC)c1N. The molecule has 1 aromatic rings. The Morgan fingerprint density at radius 2 is 2.28 bits per heavy atom. The largest absolute Gasteiger partial charge is 0.465 e. The first kappa shape index (κ1) is 13.5. The number of methoxy groups -OCH3 is 1.